The maximum Gasteiger partial charge on any atom is 0.329 e. The maximum absolute atomic E-state index is 12.9. The van der Waals surface area contributed by atoms with Crippen LogP contribution in [0.4, 0.5) is 5.13 Å². The highest BCUT2D eigenvalue weighted by Gasteiger charge is 2.24. The minimum Gasteiger partial charge on any atom is -0.345 e. The van der Waals surface area contributed by atoms with E-state index in [9.17, 15) is 14.4 Å². The van der Waals surface area contributed by atoms with E-state index in [-0.39, 0.29) is 11.3 Å². The fourth-order valence-corrected chi connectivity index (χ4v) is 4.07. The number of piperazine rings is 1. The number of hydrogen-bond acceptors (Lipinski definition) is 7. The summed E-state index contributed by atoms with van der Waals surface area (Å²) in [6, 6.07) is 1.53. The summed E-state index contributed by atoms with van der Waals surface area (Å²) in [5.74, 6) is -0.166. The number of aryl methyl sites for hydroxylation is 1. The van der Waals surface area contributed by atoms with E-state index in [1.807, 2.05) is 12.3 Å². The molecule has 0 saturated carbocycles. The summed E-state index contributed by atoms with van der Waals surface area (Å²) >= 11 is 1.58. The summed E-state index contributed by atoms with van der Waals surface area (Å²) in [6.45, 7) is 4.94. The fourth-order valence-electron chi connectivity index (χ4n) is 3.37. The summed E-state index contributed by atoms with van der Waals surface area (Å²) < 4.78 is 1.43. The number of amides is 1. The minimum absolute atomic E-state index is 0.166. The molecule has 146 valence electrons. The molecule has 10 heteroatoms. The fraction of sp³-hybridized carbons (Fsp3) is 0.389. The van der Waals surface area contributed by atoms with E-state index >= 15 is 0 Å². The quantitative estimate of drug-likeness (QED) is 0.698. The smallest absolute Gasteiger partial charge is 0.329 e. The third-order valence-corrected chi connectivity index (χ3v) is 5.62. The van der Waals surface area contributed by atoms with E-state index in [1.165, 1.54) is 16.8 Å². The van der Waals surface area contributed by atoms with E-state index in [2.05, 4.69) is 19.9 Å². The van der Waals surface area contributed by atoms with Gasteiger partial charge in [-0.15, -0.1) is 11.3 Å². The SMILES string of the molecule is CCCn1c(=O)[nH]c(=O)c2cc(C(=O)N3CCN(c4nccs4)CC3)cnc21. The molecule has 1 saturated heterocycles. The van der Waals surface area contributed by atoms with Crippen molar-refractivity contribution in [1.29, 1.82) is 0 Å². The largest absolute Gasteiger partial charge is 0.345 e. The molecule has 3 aromatic heterocycles. The maximum atomic E-state index is 12.9. The van der Waals surface area contributed by atoms with Crippen molar-refractivity contribution in [3.63, 3.8) is 0 Å². The van der Waals surface area contributed by atoms with Crippen LogP contribution in [0.5, 0.6) is 0 Å². The van der Waals surface area contributed by atoms with E-state index in [0.29, 0.717) is 43.9 Å². The predicted octanol–water partition coefficient (Wildman–Crippen LogP) is 0.914. The highest BCUT2D eigenvalue weighted by Crippen LogP contribution is 2.20. The summed E-state index contributed by atoms with van der Waals surface area (Å²) in [5, 5.41) is 3.14. The van der Waals surface area contributed by atoms with Gasteiger partial charge in [0, 0.05) is 50.5 Å². The number of nitrogens with one attached hydrogen (secondary N) is 1. The molecule has 4 heterocycles. The van der Waals surface area contributed by atoms with Gasteiger partial charge >= 0.3 is 5.69 Å². The second-order valence-electron chi connectivity index (χ2n) is 6.60. The monoisotopic (exact) mass is 400 g/mol. The van der Waals surface area contributed by atoms with Crippen LogP contribution in [-0.2, 0) is 6.54 Å². The molecule has 1 aliphatic rings. The first-order chi connectivity index (χ1) is 13.6. The number of carbonyl (C=O) groups is 1. The topological polar surface area (TPSA) is 104 Å². The number of carbonyl (C=O) groups excluding carboxylic acids is 1. The molecule has 28 heavy (non-hydrogen) atoms. The second-order valence-corrected chi connectivity index (χ2v) is 7.47. The third-order valence-electron chi connectivity index (χ3n) is 4.78. The Morgan fingerprint density at radius 2 is 2.00 bits per heavy atom. The molecule has 0 spiro atoms. The summed E-state index contributed by atoms with van der Waals surface area (Å²) in [5.41, 5.74) is -0.351. The number of aromatic nitrogens is 4. The Morgan fingerprint density at radius 1 is 1.21 bits per heavy atom. The lowest BCUT2D eigenvalue weighted by Gasteiger charge is -2.34. The molecule has 1 fully saturated rings. The number of anilines is 1. The van der Waals surface area contributed by atoms with Gasteiger partial charge in [0.05, 0.1) is 10.9 Å². The normalized spacial score (nSPS) is 14.6. The van der Waals surface area contributed by atoms with Gasteiger partial charge in [-0.05, 0) is 12.5 Å². The van der Waals surface area contributed by atoms with Gasteiger partial charge in [-0.1, -0.05) is 6.92 Å². The molecule has 0 radical (unpaired) electrons. The number of nitrogens with zero attached hydrogens (tertiary/aromatic N) is 5. The molecule has 0 bridgehead atoms. The highest BCUT2D eigenvalue weighted by molar-refractivity contribution is 7.13. The number of fused-ring (bicyclic) bond motifs is 1. The van der Waals surface area contributed by atoms with Gasteiger partial charge in [-0.25, -0.2) is 14.8 Å². The molecule has 1 N–H and O–H groups in total. The molecule has 9 nitrogen and oxygen atoms in total. The molecule has 0 aliphatic carbocycles. The number of rotatable bonds is 4. The zero-order valence-electron chi connectivity index (χ0n) is 15.4. The summed E-state index contributed by atoms with van der Waals surface area (Å²) in [6.07, 6.45) is 3.95. The number of thiazole rings is 1. The Bertz CT molecular complexity index is 1110. The highest BCUT2D eigenvalue weighted by atomic mass is 32.1. The van der Waals surface area contributed by atoms with Gasteiger partial charge in [-0.3, -0.25) is 19.1 Å². The summed E-state index contributed by atoms with van der Waals surface area (Å²) in [4.78, 5) is 51.9. The standard InChI is InChI=1S/C18H20N6O3S/c1-2-4-24-14-13(15(25)21-17(24)27)10-12(11-20-14)16(26)22-5-7-23(8-6-22)18-19-3-9-28-18/h3,9-11H,2,4-8H2,1H3,(H,21,25,27). The van der Waals surface area contributed by atoms with Crippen LogP contribution < -0.4 is 16.1 Å². The summed E-state index contributed by atoms with van der Waals surface area (Å²) in [7, 11) is 0. The minimum atomic E-state index is -0.525. The van der Waals surface area contributed by atoms with Crippen molar-refractivity contribution in [3.05, 3.63) is 50.2 Å². The predicted molar refractivity (Wildman–Crippen MR) is 107 cm³/mol. The van der Waals surface area contributed by atoms with Crippen LogP contribution in [-0.4, -0.2) is 56.5 Å². The van der Waals surface area contributed by atoms with Crippen LogP contribution >= 0.6 is 11.3 Å². The Labute approximate surface area is 164 Å². The Balaban J connectivity index is 1.58. The number of hydrogen-bond donors (Lipinski definition) is 1. The molecule has 1 amide bonds. The average Bonchev–Trinajstić information content (AvgIpc) is 3.25. The van der Waals surface area contributed by atoms with Crippen LogP contribution in [0.25, 0.3) is 11.0 Å². The molecular weight excluding hydrogens is 380 g/mol. The number of H-pyrrole nitrogens is 1. The van der Waals surface area contributed by atoms with E-state index < -0.39 is 11.2 Å². The van der Waals surface area contributed by atoms with E-state index in [0.717, 1.165) is 11.6 Å². The number of pyridine rings is 1. The third kappa shape index (κ3) is 3.31. The Morgan fingerprint density at radius 3 is 2.68 bits per heavy atom. The van der Waals surface area contributed by atoms with Gasteiger partial charge in [0.15, 0.2) is 5.13 Å². The van der Waals surface area contributed by atoms with Crippen molar-refractivity contribution >= 4 is 33.4 Å². The van der Waals surface area contributed by atoms with Crippen molar-refractivity contribution in [1.82, 2.24) is 24.4 Å². The van der Waals surface area contributed by atoms with E-state index in [4.69, 9.17) is 0 Å². The van der Waals surface area contributed by atoms with E-state index in [1.54, 1.807) is 22.4 Å². The van der Waals surface area contributed by atoms with Crippen molar-refractivity contribution in [3.8, 4) is 0 Å². The van der Waals surface area contributed by atoms with Crippen LogP contribution in [0, 0.1) is 0 Å². The first-order valence-corrected chi connectivity index (χ1v) is 10.0. The Kier molecular flexibility index (Phi) is 4.95. The Hall–Kier alpha value is -3.01. The van der Waals surface area contributed by atoms with Gasteiger partial charge in [-0.2, -0.15) is 0 Å². The van der Waals surface area contributed by atoms with Crippen molar-refractivity contribution in [2.75, 3.05) is 31.1 Å². The van der Waals surface area contributed by atoms with Crippen molar-refractivity contribution < 1.29 is 4.79 Å². The average molecular weight is 400 g/mol. The lowest BCUT2D eigenvalue weighted by molar-refractivity contribution is 0.0746. The van der Waals surface area contributed by atoms with Crippen LogP contribution in [0.15, 0.2) is 33.4 Å². The van der Waals surface area contributed by atoms with Gasteiger partial charge in [0.1, 0.15) is 5.65 Å². The molecule has 0 unspecified atom stereocenters. The zero-order chi connectivity index (χ0) is 19.7. The van der Waals surface area contributed by atoms with Crippen molar-refractivity contribution in [2.24, 2.45) is 0 Å². The zero-order valence-corrected chi connectivity index (χ0v) is 16.2. The second kappa shape index (κ2) is 7.55. The lowest BCUT2D eigenvalue weighted by atomic mass is 10.2. The number of aromatic amines is 1. The van der Waals surface area contributed by atoms with Crippen molar-refractivity contribution in [2.45, 2.75) is 19.9 Å². The lowest BCUT2D eigenvalue weighted by Crippen LogP contribution is -2.48. The van der Waals surface area contributed by atoms with Crippen LogP contribution in [0.3, 0.4) is 0 Å². The molecule has 4 rings (SSSR count). The molecule has 0 atom stereocenters. The molecule has 1 aliphatic heterocycles. The van der Waals surface area contributed by atoms with Gasteiger partial charge in [0.25, 0.3) is 11.5 Å². The van der Waals surface area contributed by atoms with Crippen LogP contribution in [0.2, 0.25) is 0 Å². The van der Waals surface area contributed by atoms with Gasteiger partial charge < -0.3 is 9.80 Å². The molecular formula is C18H20N6O3S. The first-order valence-electron chi connectivity index (χ1n) is 9.15. The molecule has 0 aromatic carbocycles. The van der Waals surface area contributed by atoms with Gasteiger partial charge in [0.2, 0.25) is 0 Å². The van der Waals surface area contributed by atoms with Crippen LogP contribution in [0.1, 0.15) is 23.7 Å². The first kappa shape index (κ1) is 18.4. The molecule has 3 aromatic rings.